The summed E-state index contributed by atoms with van der Waals surface area (Å²) in [5, 5.41) is 0. The first-order chi connectivity index (χ1) is 4.70. The first kappa shape index (κ1) is 9.92. The summed E-state index contributed by atoms with van der Waals surface area (Å²) in [5.74, 6) is 0.544. The predicted molar refractivity (Wildman–Crippen MR) is 43.9 cm³/mol. The Balaban J connectivity index is 3.26. The second kappa shape index (κ2) is 5.69. The molecule has 2 N–H and O–H groups in total. The van der Waals surface area contributed by atoms with Gasteiger partial charge in [-0.1, -0.05) is 6.92 Å². The third-order valence-corrected chi connectivity index (χ3v) is 1.58. The Morgan fingerprint density at radius 2 is 2.00 bits per heavy atom. The van der Waals surface area contributed by atoms with Crippen LogP contribution in [0.25, 0.3) is 0 Å². The molecular formula is C8H19NO. The van der Waals surface area contributed by atoms with Crippen LogP contribution in [0.4, 0.5) is 0 Å². The van der Waals surface area contributed by atoms with E-state index >= 15 is 0 Å². The standard InChI is InChI=1S/C8H19NO/c1-4-8(5-9)6-10-7(2)3/h7-8H,4-6,9H2,1-3H3. The lowest BCUT2D eigenvalue weighted by molar-refractivity contribution is 0.0522. The number of ether oxygens (including phenoxy) is 1. The molecule has 10 heavy (non-hydrogen) atoms. The molecule has 0 aliphatic heterocycles. The summed E-state index contributed by atoms with van der Waals surface area (Å²) in [4.78, 5) is 0. The van der Waals surface area contributed by atoms with E-state index in [0.29, 0.717) is 12.0 Å². The minimum absolute atomic E-state index is 0.334. The molecule has 0 saturated heterocycles. The van der Waals surface area contributed by atoms with Crippen molar-refractivity contribution in [1.82, 2.24) is 0 Å². The fourth-order valence-corrected chi connectivity index (χ4v) is 0.681. The molecule has 0 aromatic carbocycles. The first-order valence-electron chi connectivity index (χ1n) is 4.02. The molecule has 0 aromatic heterocycles. The van der Waals surface area contributed by atoms with Crippen LogP contribution in [0.3, 0.4) is 0 Å². The Morgan fingerprint density at radius 3 is 2.30 bits per heavy atom. The summed E-state index contributed by atoms with van der Waals surface area (Å²) in [6.07, 6.45) is 1.45. The molecule has 0 aliphatic carbocycles. The van der Waals surface area contributed by atoms with Gasteiger partial charge in [-0.25, -0.2) is 0 Å². The van der Waals surface area contributed by atoms with Gasteiger partial charge in [0.25, 0.3) is 0 Å². The zero-order valence-electron chi connectivity index (χ0n) is 7.26. The van der Waals surface area contributed by atoms with Crippen molar-refractivity contribution in [2.75, 3.05) is 13.2 Å². The molecule has 1 unspecified atom stereocenters. The lowest BCUT2D eigenvalue weighted by Crippen LogP contribution is -2.20. The Kier molecular flexibility index (Phi) is 5.64. The number of hydrogen-bond donors (Lipinski definition) is 1. The number of hydrogen-bond acceptors (Lipinski definition) is 2. The van der Waals surface area contributed by atoms with Crippen LogP contribution in [0, 0.1) is 5.92 Å². The lowest BCUT2D eigenvalue weighted by atomic mass is 10.1. The van der Waals surface area contributed by atoms with Crippen LogP contribution >= 0.6 is 0 Å². The van der Waals surface area contributed by atoms with Crippen molar-refractivity contribution in [3.8, 4) is 0 Å². The highest BCUT2D eigenvalue weighted by atomic mass is 16.5. The maximum absolute atomic E-state index is 5.49. The zero-order chi connectivity index (χ0) is 7.98. The molecule has 0 aliphatic rings. The average molecular weight is 145 g/mol. The molecule has 2 heteroatoms. The summed E-state index contributed by atoms with van der Waals surface area (Å²) in [5.41, 5.74) is 5.49. The van der Waals surface area contributed by atoms with Crippen molar-refractivity contribution in [3.05, 3.63) is 0 Å². The van der Waals surface area contributed by atoms with Gasteiger partial charge in [0.1, 0.15) is 0 Å². The second-order valence-corrected chi connectivity index (χ2v) is 2.89. The summed E-state index contributed by atoms with van der Waals surface area (Å²) in [7, 11) is 0. The lowest BCUT2D eigenvalue weighted by Gasteiger charge is -2.14. The SMILES string of the molecule is CCC(CN)COC(C)C. The minimum atomic E-state index is 0.334. The Bertz CT molecular complexity index is 69.7. The highest BCUT2D eigenvalue weighted by Gasteiger charge is 2.03. The number of rotatable bonds is 5. The van der Waals surface area contributed by atoms with E-state index in [1.807, 2.05) is 13.8 Å². The first-order valence-corrected chi connectivity index (χ1v) is 4.02. The van der Waals surface area contributed by atoms with Crippen molar-refractivity contribution >= 4 is 0 Å². The fourth-order valence-electron chi connectivity index (χ4n) is 0.681. The third kappa shape index (κ3) is 4.77. The summed E-state index contributed by atoms with van der Waals surface area (Å²) < 4.78 is 5.41. The molecule has 0 saturated carbocycles. The highest BCUT2D eigenvalue weighted by molar-refractivity contribution is 4.55. The molecule has 0 rings (SSSR count). The summed E-state index contributed by atoms with van der Waals surface area (Å²) in [6, 6.07) is 0. The van der Waals surface area contributed by atoms with E-state index in [1.165, 1.54) is 0 Å². The molecule has 0 fully saturated rings. The van der Waals surface area contributed by atoms with E-state index in [9.17, 15) is 0 Å². The van der Waals surface area contributed by atoms with Crippen LogP contribution in [-0.4, -0.2) is 19.3 Å². The summed E-state index contributed by atoms with van der Waals surface area (Å²) >= 11 is 0. The van der Waals surface area contributed by atoms with E-state index < -0.39 is 0 Å². The highest BCUT2D eigenvalue weighted by Crippen LogP contribution is 2.01. The van der Waals surface area contributed by atoms with Crippen molar-refractivity contribution < 1.29 is 4.74 Å². The smallest absolute Gasteiger partial charge is 0.0519 e. The molecule has 0 spiro atoms. The summed E-state index contributed by atoms with van der Waals surface area (Å²) in [6.45, 7) is 7.78. The van der Waals surface area contributed by atoms with Crippen LogP contribution in [0.5, 0.6) is 0 Å². The topological polar surface area (TPSA) is 35.2 Å². The van der Waals surface area contributed by atoms with Gasteiger partial charge in [0.2, 0.25) is 0 Å². The van der Waals surface area contributed by atoms with Gasteiger partial charge in [0.05, 0.1) is 12.7 Å². The van der Waals surface area contributed by atoms with Crippen LogP contribution in [0.1, 0.15) is 27.2 Å². The van der Waals surface area contributed by atoms with E-state index in [4.69, 9.17) is 10.5 Å². The van der Waals surface area contributed by atoms with Gasteiger partial charge in [0, 0.05) is 0 Å². The predicted octanol–water partition coefficient (Wildman–Crippen LogP) is 1.40. The van der Waals surface area contributed by atoms with Gasteiger partial charge in [-0.15, -0.1) is 0 Å². The minimum Gasteiger partial charge on any atom is -0.378 e. The fraction of sp³-hybridized carbons (Fsp3) is 1.00. The van der Waals surface area contributed by atoms with E-state index in [1.54, 1.807) is 0 Å². The van der Waals surface area contributed by atoms with Crippen molar-refractivity contribution in [2.45, 2.75) is 33.3 Å². The van der Waals surface area contributed by atoms with Crippen molar-refractivity contribution in [2.24, 2.45) is 11.7 Å². The molecule has 0 aromatic rings. The third-order valence-electron chi connectivity index (χ3n) is 1.58. The van der Waals surface area contributed by atoms with Gasteiger partial charge in [0.15, 0.2) is 0 Å². The van der Waals surface area contributed by atoms with Crippen molar-refractivity contribution in [3.63, 3.8) is 0 Å². The van der Waals surface area contributed by atoms with E-state index in [-0.39, 0.29) is 0 Å². The molecule has 0 heterocycles. The van der Waals surface area contributed by atoms with Gasteiger partial charge in [-0.05, 0) is 32.7 Å². The molecule has 0 amide bonds. The molecule has 1 atom stereocenters. The number of nitrogens with two attached hydrogens (primary N) is 1. The largest absolute Gasteiger partial charge is 0.378 e. The van der Waals surface area contributed by atoms with Gasteiger partial charge < -0.3 is 10.5 Å². The monoisotopic (exact) mass is 145 g/mol. The molecule has 0 bridgehead atoms. The molecule has 2 nitrogen and oxygen atoms in total. The van der Waals surface area contributed by atoms with Crippen LogP contribution in [-0.2, 0) is 4.74 Å². The van der Waals surface area contributed by atoms with E-state index in [0.717, 1.165) is 19.6 Å². The normalized spacial score (nSPS) is 14.1. The zero-order valence-corrected chi connectivity index (χ0v) is 7.26. The Hall–Kier alpha value is -0.0800. The quantitative estimate of drug-likeness (QED) is 0.634. The molecular weight excluding hydrogens is 126 g/mol. The second-order valence-electron chi connectivity index (χ2n) is 2.89. The molecule has 62 valence electrons. The van der Waals surface area contributed by atoms with Gasteiger partial charge in [-0.2, -0.15) is 0 Å². The van der Waals surface area contributed by atoms with Gasteiger partial charge >= 0.3 is 0 Å². The van der Waals surface area contributed by atoms with Crippen LogP contribution < -0.4 is 5.73 Å². The van der Waals surface area contributed by atoms with Gasteiger partial charge in [-0.3, -0.25) is 0 Å². The molecule has 0 radical (unpaired) electrons. The maximum Gasteiger partial charge on any atom is 0.0519 e. The average Bonchev–Trinajstić information content (AvgIpc) is 1.90. The van der Waals surface area contributed by atoms with E-state index in [2.05, 4.69) is 6.92 Å². The van der Waals surface area contributed by atoms with Crippen LogP contribution in [0.2, 0.25) is 0 Å². The Morgan fingerprint density at radius 1 is 1.40 bits per heavy atom. The van der Waals surface area contributed by atoms with Crippen molar-refractivity contribution in [1.29, 1.82) is 0 Å². The maximum atomic E-state index is 5.49. The van der Waals surface area contributed by atoms with Crippen LogP contribution in [0.15, 0.2) is 0 Å². The Labute approximate surface area is 63.7 Å².